The number of benzene rings is 1. The van der Waals surface area contributed by atoms with Crippen LogP contribution in [-0.4, -0.2) is 39.2 Å². The van der Waals surface area contributed by atoms with Crippen molar-refractivity contribution in [1.29, 1.82) is 0 Å². The van der Waals surface area contributed by atoms with Crippen LogP contribution in [0.2, 0.25) is 0 Å². The van der Waals surface area contributed by atoms with Crippen molar-refractivity contribution in [2.24, 2.45) is 5.73 Å². The number of thiazole rings is 1. The number of aryl methyl sites for hydroxylation is 2. The van der Waals surface area contributed by atoms with Crippen LogP contribution >= 0.6 is 27.3 Å². The maximum atomic E-state index is 12.9. The third-order valence-electron chi connectivity index (χ3n) is 5.40. The maximum Gasteiger partial charge on any atom is 0.413 e. The average molecular weight is 560 g/mol. The lowest BCUT2D eigenvalue weighted by atomic mass is 10.1. The average Bonchev–Trinajstić information content (AvgIpc) is 3.25. The van der Waals surface area contributed by atoms with Gasteiger partial charge in [-0.1, -0.05) is 6.07 Å². The number of halogens is 1. The second kappa shape index (κ2) is 8.80. The van der Waals surface area contributed by atoms with Gasteiger partial charge < -0.3 is 15.2 Å². The zero-order chi connectivity index (χ0) is 25.8. The Balaban J connectivity index is 2.22. The molecule has 0 saturated heterocycles. The van der Waals surface area contributed by atoms with Gasteiger partial charge in [-0.3, -0.25) is 14.7 Å². The van der Waals surface area contributed by atoms with Crippen LogP contribution < -0.4 is 15.8 Å². The summed E-state index contributed by atoms with van der Waals surface area (Å²) in [6.45, 7) is 11.0. The fourth-order valence-corrected chi connectivity index (χ4v) is 5.60. The van der Waals surface area contributed by atoms with Gasteiger partial charge in [-0.05, 0) is 69.1 Å². The van der Waals surface area contributed by atoms with Gasteiger partial charge in [-0.25, -0.2) is 14.8 Å². The molecule has 0 fully saturated rings. The van der Waals surface area contributed by atoms with E-state index < -0.39 is 17.6 Å². The predicted molar refractivity (Wildman–Crippen MR) is 141 cm³/mol. The lowest BCUT2D eigenvalue weighted by molar-refractivity contribution is 0.0635. The Morgan fingerprint density at radius 1 is 1.17 bits per heavy atom. The van der Waals surface area contributed by atoms with Crippen molar-refractivity contribution in [3.8, 4) is 11.4 Å². The zero-order valence-electron chi connectivity index (χ0n) is 20.5. The van der Waals surface area contributed by atoms with Crippen LogP contribution in [0.15, 0.2) is 16.7 Å². The van der Waals surface area contributed by atoms with Gasteiger partial charge in [0.2, 0.25) is 0 Å². The topological polar surface area (TPSA) is 121 Å². The van der Waals surface area contributed by atoms with Gasteiger partial charge >= 0.3 is 6.09 Å². The standard InChI is InChI=1S/C24H26BrN5O4S/c1-10-8-9-13(33-7)11(2)16(10)30-17-14(19(25)28-21-18(17)35-12(3)27-21)15(20(26)31)22(30)29-23(32)34-24(4,5)6/h8-9H,1-7H3,(H2,26,31)(H,29,32). The molecular weight excluding hydrogens is 534 g/mol. The van der Waals surface area contributed by atoms with E-state index in [0.717, 1.165) is 26.5 Å². The maximum absolute atomic E-state index is 12.9. The molecule has 0 radical (unpaired) electrons. The molecule has 4 aromatic rings. The molecule has 0 aliphatic heterocycles. The highest BCUT2D eigenvalue weighted by Gasteiger charge is 2.31. The van der Waals surface area contributed by atoms with Crippen LogP contribution in [0.3, 0.4) is 0 Å². The number of fused-ring (bicyclic) bond motifs is 3. The Hall–Kier alpha value is -3.18. The number of carbonyl (C=O) groups is 2. The smallest absolute Gasteiger partial charge is 0.413 e. The van der Waals surface area contributed by atoms with E-state index in [2.05, 4.69) is 31.2 Å². The van der Waals surface area contributed by atoms with Crippen LogP contribution in [0.5, 0.6) is 5.75 Å². The summed E-state index contributed by atoms with van der Waals surface area (Å²) in [4.78, 5) is 34.9. The summed E-state index contributed by atoms with van der Waals surface area (Å²) in [6.07, 6.45) is -0.719. The number of rotatable bonds is 4. The summed E-state index contributed by atoms with van der Waals surface area (Å²) in [5.74, 6) is 0.115. The van der Waals surface area contributed by atoms with Crippen LogP contribution in [0, 0.1) is 20.8 Å². The van der Waals surface area contributed by atoms with Gasteiger partial charge in [0.1, 0.15) is 21.8 Å². The number of hydrogen-bond acceptors (Lipinski definition) is 7. The fourth-order valence-electron chi connectivity index (χ4n) is 4.15. The van der Waals surface area contributed by atoms with Crippen molar-refractivity contribution in [3.05, 3.63) is 38.4 Å². The molecule has 35 heavy (non-hydrogen) atoms. The third kappa shape index (κ3) is 4.34. The number of aromatic nitrogens is 3. The Bertz CT molecular complexity index is 1520. The number of ether oxygens (including phenoxy) is 2. The molecule has 0 aliphatic carbocycles. The molecule has 3 aromatic heterocycles. The molecule has 0 bridgehead atoms. The van der Waals surface area contributed by atoms with E-state index in [4.69, 9.17) is 15.2 Å². The molecule has 1 aromatic carbocycles. The summed E-state index contributed by atoms with van der Waals surface area (Å²) in [5.41, 5.74) is 8.86. The number of primary amides is 1. The highest BCUT2D eigenvalue weighted by molar-refractivity contribution is 9.10. The summed E-state index contributed by atoms with van der Waals surface area (Å²) in [7, 11) is 1.59. The minimum atomic E-state index is -0.750. The Labute approximate surface area is 214 Å². The first-order valence-electron chi connectivity index (χ1n) is 10.8. The molecule has 2 amide bonds. The quantitative estimate of drug-likeness (QED) is 0.306. The lowest BCUT2D eigenvalue weighted by Crippen LogP contribution is -2.29. The molecule has 0 aliphatic rings. The van der Waals surface area contributed by atoms with E-state index in [0.29, 0.717) is 26.9 Å². The number of nitrogens with one attached hydrogen (secondary N) is 1. The van der Waals surface area contributed by atoms with Gasteiger partial charge in [0.05, 0.1) is 33.6 Å². The van der Waals surface area contributed by atoms with Crippen LogP contribution in [0.1, 0.15) is 47.3 Å². The zero-order valence-corrected chi connectivity index (χ0v) is 22.9. The van der Waals surface area contributed by atoms with E-state index in [1.165, 1.54) is 11.3 Å². The summed E-state index contributed by atoms with van der Waals surface area (Å²) < 4.78 is 14.1. The Morgan fingerprint density at radius 2 is 1.86 bits per heavy atom. The van der Waals surface area contributed by atoms with Crippen molar-refractivity contribution in [2.45, 2.75) is 47.1 Å². The van der Waals surface area contributed by atoms with E-state index in [1.807, 2.05) is 37.5 Å². The molecule has 9 nitrogen and oxygen atoms in total. The number of amides is 2. The molecule has 0 atom stereocenters. The van der Waals surface area contributed by atoms with E-state index in [9.17, 15) is 9.59 Å². The molecule has 0 spiro atoms. The van der Waals surface area contributed by atoms with Gasteiger partial charge in [0.15, 0.2) is 5.65 Å². The molecule has 3 heterocycles. The Kier molecular flexibility index (Phi) is 6.26. The minimum Gasteiger partial charge on any atom is -0.496 e. The first kappa shape index (κ1) is 24.9. The van der Waals surface area contributed by atoms with E-state index in [-0.39, 0.29) is 11.4 Å². The monoisotopic (exact) mass is 559 g/mol. The van der Waals surface area contributed by atoms with Crippen molar-refractivity contribution in [2.75, 3.05) is 12.4 Å². The first-order valence-corrected chi connectivity index (χ1v) is 12.4. The number of methoxy groups -OCH3 is 1. The largest absolute Gasteiger partial charge is 0.496 e. The molecular formula is C24H26BrN5O4S. The van der Waals surface area contributed by atoms with Crippen molar-refractivity contribution in [1.82, 2.24) is 14.5 Å². The summed E-state index contributed by atoms with van der Waals surface area (Å²) >= 11 is 4.95. The highest BCUT2D eigenvalue weighted by Crippen LogP contribution is 2.44. The molecule has 0 unspecified atom stereocenters. The van der Waals surface area contributed by atoms with Crippen molar-refractivity contribution in [3.63, 3.8) is 0 Å². The fraction of sp³-hybridized carbons (Fsp3) is 0.333. The molecule has 4 rings (SSSR count). The number of carbonyl (C=O) groups excluding carboxylic acids is 2. The second-order valence-electron chi connectivity index (χ2n) is 9.12. The number of nitrogens with zero attached hydrogens (tertiary/aromatic N) is 3. The van der Waals surface area contributed by atoms with E-state index in [1.54, 1.807) is 27.9 Å². The Morgan fingerprint density at radius 3 is 2.46 bits per heavy atom. The SMILES string of the molecule is COc1ccc(C)c(-n2c(NC(=O)OC(C)(C)C)c(C(N)=O)c3c(Br)nc4nc(C)sc4c32)c1C. The van der Waals surface area contributed by atoms with Crippen LogP contribution in [0.25, 0.3) is 26.9 Å². The summed E-state index contributed by atoms with van der Waals surface area (Å²) in [6, 6.07) is 3.79. The number of anilines is 1. The van der Waals surface area contributed by atoms with Crippen LogP contribution in [-0.2, 0) is 4.74 Å². The molecule has 0 saturated carbocycles. The predicted octanol–water partition coefficient (Wildman–Crippen LogP) is 5.78. The molecule has 11 heteroatoms. The van der Waals surface area contributed by atoms with E-state index >= 15 is 0 Å². The van der Waals surface area contributed by atoms with Crippen molar-refractivity contribution < 1.29 is 19.1 Å². The van der Waals surface area contributed by atoms with Crippen molar-refractivity contribution >= 4 is 66.3 Å². The minimum absolute atomic E-state index is 0.111. The lowest BCUT2D eigenvalue weighted by Gasteiger charge is -2.22. The highest BCUT2D eigenvalue weighted by atomic mass is 79.9. The number of nitrogens with two attached hydrogens (primary N) is 1. The first-order chi connectivity index (χ1) is 16.3. The van der Waals surface area contributed by atoms with Gasteiger partial charge in [-0.15, -0.1) is 11.3 Å². The molecule has 184 valence electrons. The third-order valence-corrected chi connectivity index (χ3v) is 6.95. The van der Waals surface area contributed by atoms with Gasteiger partial charge in [0, 0.05) is 10.9 Å². The number of hydrogen-bond donors (Lipinski definition) is 2. The summed E-state index contributed by atoms with van der Waals surface area (Å²) in [5, 5.41) is 4.07. The van der Waals surface area contributed by atoms with Gasteiger partial charge in [0.25, 0.3) is 5.91 Å². The second-order valence-corrected chi connectivity index (χ2v) is 11.1. The van der Waals surface area contributed by atoms with Gasteiger partial charge in [-0.2, -0.15) is 0 Å². The number of pyridine rings is 1. The molecule has 3 N–H and O–H groups in total. The van der Waals surface area contributed by atoms with Crippen LogP contribution in [0.4, 0.5) is 10.6 Å². The normalized spacial score (nSPS) is 11.8.